The van der Waals surface area contributed by atoms with Gasteiger partial charge >= 0.3 is 37.7 Å². The average Bonchev–Trinajstić information content (AvgIpc) is 3.47. The van der Waals surface area contributed by atoms with Gasteiger partial charge < -0.3 is 9.11 Å². The van der Waals surface area contributed by atoms with E-state index < -0.39 is 43.8 Å². The van der Waals surface area contributed by atoms with E-state index in [0.29, 0.717) is 30.0 Å². The molecule has 0 N–H and O–H groups in total. The van der Waals surface area contributed by atoms with E-state index in [0.717, 1.165) is 0 Å². The smallest absolute Gasteiger partial charge is 0.726 e. The molecule has 15 heteroatoms. The van der Waals surface area contributed by atoms with Crippen LogP contribution in [0.3, 0.4) is 0 Å². The summed E-state index contributed by atoms with van der Waals surface area (Å²) in [5, 5.41) is 0. The van der Waals surface area contributed by atoms with Crippen LogP contribution in [0.1, 0.15) is 95.9 Å². The SMILES string of the molecule is CC(C)(C)[C@H](C[C@@H](P[C]1[CH][CH][CH][CH]1)C(C)(C)C)OS(=O)(=O)[O-].CC(C)(C)[C@H](C[C@@H](P[C]1[CH][CH][CH][CH]1)C(C)(C)C)OS(=O)(=O)[O-].[Fe].[Li+].[Li+]. The minimum Gasteiger partial charge on any atom is -0.726 e. The molecule has 6 atom stereocenters. The molecule has 0 heterocycles. The summed E-state index contributed by atoms with van der Waals surface area (Å²) in [6.45, 7) is 24.2. The fourth-order valence-electron chi connectivity index (χ4n) is 4.39. The third-order valence-corrected chi connectivity index (χ3v) is 12.6. The van der Waals surface area contributed by atoms with Crippen molar-refractivity contribution in [1.82, 2.24) is 0 Å². The average molecular weight is 763 g/mol. The normalized spacial score (nSPS) is 20.2. The second-order valence-electron chi connectivity index (χ2n) is 15.7. The monoisotopic (exact) mass is 762 g/mol. The number of rotatable bonds is 12. The van der Waals surface area contributed by atoms with Crippen LogP contribution in [-0.4, -0.2) is 49.5 Å². The molecule has 2 aliphatic carbocycles. The zero-order valence-electron chi connectivity index (χ0n) is 30.8. The Morgan fingerprint density at radius 1 is 0.553 bits per heavy atom. The molecule has 2 rings (SSSR count). The first-order chi connectivity index (χ1) is 19.6. The standard InChI is InChI=1S/2C16H28O4PS.Fe.2Li/c2*1-15(2,3)13(20-22(17,18)19)11-14(16(4,5)6)21-12-9-7-8-10-12;;;/h2*7-10,13-14,21H,11H2,1-6H3,(H,17,18,19);;;/q;;;2*+1/p-2/t2*13-,14+;;;/m00.../s1. The second-order valence-corrected chi connectivity index (χ2v) is 20.8. The van der Waals surface area contributed by atoms with Crippen LogP contribution in [-0.2, 0) is 46.2 Å². The van der Waals surface area contributed by atoms with Gasteiger partial charge in [-0.25, -0.2) is 16.8 Å². The van der Waals surface area contributed by atoms with Gasteiger partial charge in [0.25, 0.3) is 0 Å². The van der Waals surface area contributed by atoms with Crippen LogP contribution in [0.25, 0.3) is 0 Å². The van der Waals surface area contributed by atoms with Crippen LogP contribution in [0.15, 0.2) is 0 Å². The molecule has 47 heavy (non-hydrogen) atoms. The Morgan fingerprint density at radius 3 is 0.957 bits per heavy atom. The maximum absolute atomic E-state index is 11.1. The summed E-state index contributed by atoms with van der Waals surface area (Å²) in [6, 6.07) is 0. The first kappa shape index (κ1) is 53.7. The van der Waals surface area contributed by atoms with Crippen molar-refractivity contribution in [2.75, 3.05) is 0 Å². The van der Waals surface area contributed by atoms with Crippen molar-refractivity contribution in [2.24, 2.45) is 21.7 Å². The van der Waals surface area contributed by atoms with Crippen molar-refractivity contribution >= 4 is 38.0 Å². The largest absolute Gasteiger partial charge is 1.00 e. The minimum atomic E-state index is -4.71. The van der Waals surface area contributed by atoms with Crippen molar-refractivity contribution in [3.8, 4) is 0 Å². The topological polar surface area (TPSA) is 133 Å². The van der Waals surface area contributed by atoms with E-state index in [1.54, 1.807) is 0 Å². The van der Waals surface area contributed by atoms with Crippen LogP contribution in [0.2, 0.25) is 0 Å². The Hall–Kier alpha value is 2.31. The molecule has 2 unspecified atom stereocenters. The third kappa shape index (κ3) is 23.6. The van der Waals surface area contributed by atoms with Crippen LogP contribution in [0, 0.1) is 84.3 Å². The molecule has 0 saturated heterocycles. The fraction of sp³-hybridized carbons (Fsp3) is 0.688. The molecule has 10 radical (unpaired) electrons. The molecular formula is C32H54FeLi2O8P2S2. The summed E-state index contributed by atoms with van der Waals surface area (Å²) in [5.41, 5.74) is 2.12. The molecule has 0 bridgehead atoms. The molecule has 262 valence electrons. The summed E-state index contributed by atoms with van der Waals surface area (Å²) in [4.78, 5) is 0. The molecule has 8 nitrogen and oxygen atoms in total. The maximum Gasteiger partial charge on any atom is 1.00 e. The molecule has 2 fully saturated rings. The van der Waals surface area contributed by atoms with E-state index in [9.17, 15) is 25.9 Å². The number of hydrogen-bond donors (Lipinski definition) is 0. The quantitative estimate of drug-likeness (QED) is 0.127. The summed E-state index contributed by atoms with van der Waals surface area (Å²) >= 11 is 0. The third-order valence-electron chi connectivity index (χ3n) is 7.40. The zero-order chi connectivity index (χ0) is 34.4. The Balaban J connectivity index is -0.000000774. The molecule has 0 aromatic carbocycles. The molecule has 2 aliphatic rings. The fourth-order valence-corrected chi connectivity index (χ4v) is 8.80. The van der Waals surface area contributed by atoms with E-state index in [1.807, 2.05) is 67.2 Å². The van der Waals surface area contributed by atoms with E-state index in [2.05, 4.69) is 67.2 Å². The zero-order valence-corrected chi connectivity index (χ0v) is 35.5. The Morgan fingerprint density at radius 2 is 0.787 bits per heavy atom. The van der Waals surface area contributed by atoms with E-state index in [4.69, 9.17) is 8.37 Å². The van der Waals surface area contributed by atoms with Crippen molar-refractivity contribution in [2.45, 2.75) is 119 Å². The molecule has 0 aromatic heterocycles. The van der Waals surface area contributed by atoms with Gasteiger partial charge in [-0.05, 0) is 97.2 Å². The van der Waals surface area contributed by atoms with Gasteiger partial charge in [0.1, 0.15) is 0 Å². The van der Waals surface area contributed by atoms with Gasteiger partial charge in [0.2, 0.25) is 20.8 Å². The second kappa shape index (κ2) is 21.9. The van der Waals surface area contributed by atoms with Crippen molar-refractivity contribution in [3.63, 3.8) is 0 Å². The van der Waals surface area contributed by atoms with Crippen LogP contribution in [0.4, 0.5) is 0 Å². The van der Waals surface area contributed by atoms with Crippen LogP contribution < -0.4 is 37.7 Å². The van der Waals surface area contributed by atoms with Crippen molar-refractivity contribution in [1.29, 1.82) is 0 Å². The van der Waals surface area contributed by atoms with E-state index >= 15 is 0 Å². The van der Waals surface area contributed by atoms with E-state index in [1.165, 1.54) is 11.3 Å². The van der Waals surface area contributed by atoms with Crippen LogP contribution in [0.5, 0.6) is 0 Å². The summed E-state index contributed by atoms with van der Waals surface area (Å²) in [7, 11) is -8.31. The minimum absolute atomic E-state index is 0. The van der Waals surface area contributed by atoms with Crippen molar-refractivity contribution < 1.29 is 89.1 Å². The van der Waals surface area contributed by atoms with Crippen molar-refractivity contribution in [3.05, 3.63) is 62.7 Å². The molecule has 0 aromatic rings. The first-order valence-electron chi connectivity index (χ1n) is 14.8. The summed E-state index contributed by atoms with van der Waals surface area (Å²) < 4.78 is 76.1. The van der Waals surface area contributed by atoms with Gasteiger partial charge in [0.15, 0.2) is 0 Å². The van der Waals surface area contributed by atoms with Gasteiger partial charge in [-0.15, -0.1) is 17.2 Å². The molecular weight excluding hydrogens is 708 g/mol. The van der Waals surface area contributed by atoms with Gasteiger partial charge in [-0.3, -0.25) is 8.37 Å². The molecule has 2 saturated carbocycles. The van der Waals surface area contributed by atoms with Gasteiger partial charge in [-0.1, -0.05) is 83.1 Å². The first-order valence-corrected chi connectivity index (χ1v) is 19.6. The maximum atomic E-state index is 11.1. The Labute approximate surface area is 328 Å². The molecule has 0 spiro atoms. The van der Waals surface area contributed by atoms with Gasteiger partial charge in [-0.2, -0.15) is 0 Å². The van der Waals surface area contributed by atoms with Gasteiger partial charge in [0, 0.05) is 28.4 Å². The van der Waals surface area contributed by atoms with Gasteiger partial charge in [0.05, 0.1) is 12.2 Å². The van der Waals surface area contributed by atoms with E-state index in [-0.39, 0.29) is 76.9 Å². The molecule has 0 amide bonds. The Kier molecular flexibility index (Phi) is 25.0. The van der Waals surface area contributed by atoms with Crippen LogP contribution >= 0.6 is 17.2 Å². The Bertz CT molecular complexity index is 988. The predicted octanol–water partition coefficient (Wildman–Crippen LogP) is 1.45. The summed E-state index contributed by atoms with van der Waals surface area (Å²) in [5.74, 6) is 0. The predicted molar refractivity (Wildman–Crippen MR) is 181 cm³/mol. The molecule has 0 aliphatic heterocycles. The summed E-state index contributed by atoms with van der Waals surface area (Å²) in [6.07, 6.45) is 16.2. The number of hydrogen-bond acceptors (Lipinski definition) is 8.